The van der Waals surface area contributed by atoms with E-state index in [2.05, 4.69) is 52.4 Å². The molecule has 1 saturated carbocycles. The molecule has 2 fully saturated rings. The van der Waals surface area contributed by atoms with Crippen molar-refractivity contribution >= 4 is 29.0 Å². The lowest BCUT2D eigenvalue weighted by Crippen LogP contribution is -2.58. The molecule has 1 aromatic carbocycles. The van der Waals surface area contributed by atoms with Gasteiger partial charge >= 0.3 is 0 Å². The van der Waals surface area contributed by atoms with Crippen LogP contribution in [0.4, 0.5) is 0 Å². The lowest BCUT2D eigenvalue weighted by molar-refractivity contribution is -0.124. The van der Waals surface area contributed by atoms with Crippen LogP contribution in [-0.4, -0.2) is 75.3 Å². The zero-order chi connectivity index (χ0) is 34.0. The maximum atomic E-state index is 13.7. The Balaban J connectivity index is 0.000000330. The molecule has 0 radical (unpaired) electrons. The Morgan fingerprint density at radius 2 is 1.91 bits per heavy atom. The summed E-state index contributed by atoms with van der Waals surface area (Å²) in [4.78, 5) is 50.8. The summed E-state index contributed by atoms with van der Waals surface area (Å²) >= 11 is 0. The smallest absolute Gasteiger partial charge is 0.272 e. The summed E-state index contributed by atoms with van der Waals surface area (Å²) in [6, 6.07) is 16.8. The number of nitrogens with one attached hydrogen (secondary N) is 3. The van der Waals surface area contributed by atoms with E-state index in [0.29, 0.717) is 36.8 Å². The van der Waals surface area contributed by atoms with E-state index in [9.17, 15) is 14.4 Å². The van der Waals surface area contributed by atoms with Gasteiger partial charge in [-0.15, -0.1) is 0 Å². The van der Waals surface area contributed by atoms with E-state index in [-0.39, 0.29) is 17.2 Å². The average molecular weight is 639 g/mol. The van der Waals surface area contributed by atoms with E-state index in [1.807, 2.05) is 47.4 Å². The zero-order valence-corrected chi connectivity index (χ0v) is 27.8. The summed E-state index contributed by atoms with van der Waals surface area (Å²) in [5.41, 5.74) is 15.4. The summed E-state index contributed by atoms with van der Waals surface area (Å²) in [5, 5.41) is 7.13. The summed E-state index contributed by atoms with van der Waals surface area (Å²) in [6.45, 7) is 9.05. The molecule has 1 aliphatic carbocycles. The van der Waals surface area contributed by atoms with Crippen LogP contribution in [0.5, 0.6) is 0 Å². The fourth-order valence-corrected chi connectivity index (χ4v) is 6.90. The molecule has 4 heterocycles. The number of likely N-dealkylation sites (tertiary alicyclic amines) is 1. The molecule has 2 amide bonds. The van der Waals surface area contributed by atoms with Crippen LogP contribution < -0.4 is 22.1 Å². The molecule has 2 aliphatic rings. The number of amides is 2. The number of pyridine rings is 2. The fourth-order valence-electron chi connectivity index (χ4n) is 6.90. The Morgan fingerprint density at radius 1 is 1.15 bits per heavy atom. The second-order valence-electron chi connectivity index (χ2n) is 13.7. The van der Waals surface area contributed by atoms with Crippen molar-refractivity contribution in [3.63, 3.8) is 0 Å². The highest BCUT2D eigenvalue weighted by Crippen LogP contribution is 2.65. The number of likely N-dealkylation sites (N-methyl/N-ethyl adjacent to an activating group) is 1. The van der Waals surface area contributed by atoms with Crippen molar-refractivity contribution in [2.24, 2.45) is 22.8 Å². The van der Waals surface area contributed by atoms with Gasteiger partial charge in [0.25, 0.3) is 5.91 Å². The third-order valence-corrected chi connectivity index (χ3v) is 9.62. The Kier molecular flexibility index (Phi) is 9.63. The van der Waals surface area contributed by atoms with E-state index in [1.54, 1.807) is 32.4 Å². The molecular formula is C36H46N8O3. The first kappa shape index (κ1) is 33.9. The van der Waals surface area contributed by atoms with E-state index in [1.165, 1.54) is 0 Å². The minimum absolute atomic E-state index is 0.0640. The van der Waals surface area contributed by atoms with Crippen molar-refractivity contribution in [2.75, 3.05) is 20.1 Å². The third-order valence-electron chi connectivity index (χ3n) is 9.62. The third kappa shape index (κ3) is 7.27. The fraction of sp³-hybridized carbons (Fsp3) is 0.417. The lowest BCUT2D eigenvalue weighted by atomic mass is 9.93. The maximum absolute atomic E-state index is 13.7. The van der Waals surface area contributed by atoms with Crippen molar-refractivity contribution in [3.8, 4) is 11.3 Å². The molecule has 47 heavy (non-hydrogen) atoms. The molecule has 4 aromatic rings. The molecule has 11 nitrogen and oxygen atoms in total. The van der Waals surface area contributed by atoms with Crippen LogP contribution in [0, 0.1) is 11.3 Å². The van der Waals surface area contributed by atoms with Crippen LogP contribution in [0.2, 0.25) is 0 Å². The van der Waals surface area contributed by atoms with Crippen LogP contribution in [0.1, 0.15) is 67.1 Å². The number of nitrogens with zero attached hydrogens (tertiary/aromatic N) is 3. The molecule has 248 valence electrons. The quantitative estimate of drug-likeness (QED) is 0.129. The van der Waals surface area contributed by atoms with Crippen molar-refractivity contribution in [3.05, 3.63) is 83.9 Å². The summed E-state index contributed by atoms with van der Waals surface area (Å²) < 4.78 is 0. The molecule has 4 atom stereocenters. The lowest BCUT2D eigenvalue weighted by Gasteiger charge is -2.38. The molecule has 7 N–H and O–H groups in total. The number of carbonyl (C=O) groups is 3. The van der Waals surface area contributed by atoms with Gasteiger partial charge in [0.15, 0.2) is 6.29 Å². The number of nitrogens with two attached hydrogens (primary N) is 2. The molecular weight excluding hydrogens is 592 g/mol. The van der Waals surface area contributed by atoms with E-state index in [4.69, 9.17) is 11.5 Å². The molecule has 11 heteroatoms. The Labute approximate surface area is 275 Å². The number of hydrogen-bond donors (Lipinski definition) is 5. The first-order valence-corrected chi connectivity index (χ1v) is 16.1. The highest BCUT2D eigenvalue weighted by Gasteiger charge is 2.68. The minimum Gasteiger partial charge on any atom is -0.352 e. The number of aromatic nitrogens is 3. The number of hydrogen-bond acceptors (Lipinski definition) is 8. The number of fused-ring (bicyclic) bond motifs is 2. The van der Waals surface area contributed by atoms with Gasteiger partial charge in [0, 0.05) is 48.4 Å². The van der Waals surface area contributed by atoms with Crippen LogP contribution in [-0.2, 0) is 11.2 Å². The monoisotopic (exact) mass is 638 g/mol. The van der Waals surface area contributed by atoms with Crippen molar-refractivity contribution in [1.82, 2.24) is 30.5 Å². The summed E-state index contributed by atoms with van der Waals surface area (Å²) in [6.07, 6.45) is 6.51. The van der Waals surface area contributed by atoms with Crippen molar-refractivity contribution < 1.29 is 14.4 Å². The normalized spacial score (nSPS) is 22.2. The Morgan fingerprint density at radius 3 is 2.55 bits per heavy atom. The van der Waals surface area contributed by atoms with Gasteiger partial charge < -0.3 is 32.0 Å². The number of aryl methyl sites for hydroxylation is 1. The van der Waals surface area contributed by atoms with Crippen LogP contribution in [0.25, 0.3) is 22.2 Å². The SMILES string of the molecule is CCc1cccnc1-c1ccc(C(=O)N2CC3(C)CC3C2(C)CNC(=O)C(CC(C)(N)N)NC)nc1.O=Cc1cc2ccccc2[nH]1. The maximum Gasteiger partial charge on any atom is 0.272 e. The van der Waals surface area contributed by atoms with Gasteiger partial charge in [-0.05, 0) is 81.0 Å². The largest absolute Gasteiger partial charge is 0.352 e. The second kappa shape index (κ2) is 13.3. The van der Waals surface area contributed by atoms with Crippen LogP contribution in [0.3, 0.4) is 0 Å². The number of rotatable bonds is 10. The standard InChI is InChI=1S/C27H39N7O2.C9H7NO/c1-6-17-8-7-11-31-22(17)18-9-10-19(32-14-18)24(36)34-16-25(2)13-21(25)26(34,3)15-33-23(35)20(30-5)12-27(4,28)29;11-6-8-5-7-3-1-2-4-9(7)10-8/h7-11,14,20-21,30H,6,12-13,15-16,28-29H2,1-5H3,(H,33,35);1-6,10H. The average Bonchev–Trinajstić information content (AvgIpc) is 3.47. The number of carbonyl (C=O) groups excluding carboxylic acids is 3. The number of aldehydes is 1. The first-order valence-electron chi connectivity index (χ1n) is 16.1. The second-order valence-corrected chi connectivity index (χ2v) is 13.7. The topological polar surface area (TPSA) is 172 Å². The predicted molar refractivity (Wildman–Crippen MR) is 183 cm³/mol. The van der Waals surface area contributed by atoms with Crippen LogP contribution in [0.15, 0.2) is 67.0 Å². The zero-order valence-electron chi connectivity index (χ0n) is 27.8. The molecule has 1 saturated heterocycles. The molecule has 0 bridgehead atoms. The van der Waals surface area contributed by atoms with Crippen molar-refractivity contribution in [1.29, 1.82) is 0 Å². The van der Waals surface area contributed by atoms with Crippen molar-refractivity contribution in [2.45, 2.75) is 64.2 Å². The van der Waals surface area contributed by atoms with E-state index >= 15 is 0 Å². The Hall–Kier alpha value is -4.45. The van der Waals surface area contributed by atoms with Gasteiger partial charge in [0.2, 0.25) is 5.91 Å². The number of aromatic amines is 1. The van der Waals surface area contributed by atoms with E-state index < -0.39 is 17.2 Å². The van der Waals surface area contributed by atoms with E-state index in [0.717, 1.165) is 46.9 Å². The molecule has 6 rings (SSSR count). The van der Waals surface area contributed by atoms with Gasteiger partial charge in [-0.1, -0.05) is 38.1 Å². The summed E-state index contributed by atoms with van der Waals surface area (Å²) in [5.74, 6) is 0.0219. The van der Waals surface area contributed by atoms with Gasteiger partial charge in [0.05, 0.1) is 28.6 Å². The first-order chi connectivity index (χ1) is 22.3. The highest BCUT2D eigenvalue weighted by atomic mass is 16.2. The van der Waals surface area contributed by atoms with Gasteiger partial charge in [-0.25, -0.2) is 0 Å². The molecule has 1 aliphatic heterocycles. The molecule has 4 unspecified atom stereocenters. The van der Waals surface area contributed by atoms with Gasteiger partial charge in [0.1, 0.15) is 5.69 Å². The molecule has 3 aromatic heterocycles. The highest BCUT2D eigenvalue weighted by molar-refractivity contribution is 5.94. The van der Waals surface area contributed by atoms with Gasteiger partial charge in [-0.2, -0.15) is 0 Å². The minimum atomic E-state index is -0.968. The van der Waals surface area contributed by atoms with Crippen LogP contribution >= 0.6 is 0 Å². The number of piperidine rings is 1. The Bertz CT molecular complexity index is 1710. The summed E-state index contributed by atoms with van der Waals surface area (Å²) in [7, 11) is 1.71. The number of benzene rings is 1. The predicted octanol–water partition coefficient (Wildman–Crippen LogP) is 3.66. The number of para-hydroxylation sites is 1. The van der Waals surface area contributed by atoms with Gasteiger partial charge in [-0.3, -0.25) is 24.4 Å². The number of H-pyrrole nitrogens is 1. The molecule has 0 spiro atoms.